The van der Waals surface area contributed by atoms with Gasteiger partial charge >= 0.3 is 0 Å². The summed E-state index contributed by atoms with van der Waals surface area (Å²) in [5.41, 5.74) is 2.07. The summed E-state index contributed by atoms with van der Waals surface area (Å²) in [6, 6.07) is 8.07. The van der Waals surface area contributed by atoms with E-state index in [4.69, 9.17) is 4.74 Å². The van der Waals surface area contributed by atoms with E-state index in [1.54, 1.807) is 0 Å². The van der Waals surface area contributed by atoms with Crippen LogP contribution in [0.4, 0.5) is 0 Å². The van der Waals surface area contributed by atoms with Crippen molar-refractivity contribution in [3.63, 3.8) is 0 Å². The standard InChI is InChI=1S/C19H28O2/c1-4-21-19(17-8-6-5-7-9-17)18(20)16-12-10-15(11-13-16)14(2)3/h10-14,17,19H,4-9H2,1-3H3. The number of hydrogen-bond donors (Lipinski definition) is 0. The van der Waals surface area contributed by atoms with Gasteiger partial charge in [0, 0.05) is 12.2 Å². The van der Waals surface area contributed by atoms with Crippen LogP contribution in [-0.4, -0.2) is 18.5 Å². The highest BCUT2D eigenvalue weighted by molar-refractivity contribution is 5.99. The van der Waals surface area contributed by atoms with Gasteiger partial charge < -0.3 is 4.74 Å². The van der Waals surface area contributed by atoms with Gasteiger partial charge in [0.1, 0.15) is 6.10 Å². The monoisotopic (exact) mass is 288 g/mol. The molecule has 116 valence electrons. The average molecular weight is 288 g/mol. The Morgan fingerprint density at radius 1 is 1.14 bits per heavy atom. The highest BCUT2D eigenvalue weighted by atomic mass is 16.5. The minimum absolute atomic E-state index is 0.166. The first-order valence-electron chi connectivity index (χ1n) is 8.39. The predicted molar refractivity (Wildman–Crippen MR) is 86.9 cm³/mol. The summed E-state index contributed by atoms with van der Waals surface area (Å²) in [5, 5.41) is 0. The molecule has 0 aliphatic heterocycles. The second kappa shape index (κ2) is 7.74. The molecular weight excluding hydrogens is 260 g/mol. The number of benzene rings is 1. The van der Waals surface area contributed by atoms with Crippen LogP contribution in [0, 0.1) is 5.92 Å². The smallest absolute Gasteiger partial charge is 0.191 e. The van der Waals surface area contributed by atoms with E-state index < -0.39 is 0 Å². The Hall–Kier alpha value is -1.15. The largest absolute Gasteiger partial charge is 0.370 e. The first-order valence-corrected chi connectivity index (χ1v) is 8.39. The summed E-state index contributed by atoms with van der Waals surface area (Å²) >= 11 is 0. The molecule has 1 fully saturated rings. The van der Waals surface area contributed by atoms with E-state index in [0.717, 1.165) is 18.4 Å². The van der Waals surface area contributed by atoms with E-state index in [-0.39, 0.29) is 11.9 Å². The molecule has 2 nitrogen and oxygen atoms in total. The van der Waals surface area contributed by atoms with Crippen LogP contribution in [-0.2, 0) is 4.74 Å². The van der Waals surface area contributed by atoms with Gasteiger partial charge in [-0.1, -0.05) is 57.4 Å². The van der Waals surface area contributed by atoms with E-state index in [1.165, 1.54) is 24.8 Å². The van der Waals surface area contributed by atoms with Gasteiger partial charge in [0.05, 0.1) is 0 Å². The molecule has 0 N–H and O–H groups in total. The fourth-order valence-electron chi connectivity index (χ4n) is 3.24. The lowest BCUT2D eigenvalue weighted by Crippen LogP contribution is -2.34. The number of rotatable bonds is 6. The van der Waals surface area contributed by atoms with Gasteiger partial charge in [-0.2, -0.15) is 0 Å². The SMILES string of the molecule is CCOC(C(=O)c1ccc(C(C)C)cc1)C1CCCCC1. The summed E-state index contributed by atoms with van der Waals surface area (Å²) in [7, 11) is 0. The van der Waals surface area contributed by atoms with Crippen LogP contribution < -0.4 is 0 Å². The molecule has 0 aromatic heterocycles. The van der Waals surface area contributed by atoms with Crippen LogP contribution in [0.1, 0.15) is 74.7 Å². The van der Waals surface area contributed by atoms with Crippen molar-refractivity contribution in [2.75, 3.05) is 6.61 Å². The molecule has 0 radical (unpaired) electrons. The van der Waals surface area contributed by atoms with Gasteiger partial charge in [-0.05, 0) is 37.2 Å². The molecule has 0 spiro atoms. The van der Waals surface area contributed by atoms with Crippen LogP contribution in [0.5, 0.6) is 0 Å². The van der Waals surface area contributed by atoms with E-state index >= 15 is 0 Å². The number of ketones is 1. The van der Waals surface area contributed by atoms with Crippen molar-refractivity contribution in [2.45, 2.75) is 64.9 Å². The van der Waals surface area contributed by atoms with Gasteiger partial charge in [0.25, 0.3) is 0 Å². The molecule has 1 aliphatic rings. The molecule has 21 heavy (non-hydrogen) atoms. The zero-order valence-corrected chi connectivity index (χ0v) is 13.6. The third kappa shape index (κ3) is 4.16. The maximum Gasteiger partial charge on any atom is 0.191 e. The number of Topliss-reactive ketones (excluding diaryl/α,β-unsaturated/α-hetero) is 1. The predicted octanol–water partition coefficient (Wildman–Crippen LogP) is 4.98. The fraction of sp³-hybridized carbons (Fsp3) is 0.632. The maximum absolute atomic E-state index is 12.8. The Morgan fingerprint density at radius 2 is 1.76 bits per heavy atom. The van der Waals surface area contributed by atoms with Gasteiger partial charge in [-0.25, -0.2) is 0 Å². The minimum Gasteiger partial charge on any atom is -0.370 e. The molecule has 1 aliphatic carbocycles. The topological polar surface area (TPSA) is 26.3 Å². The Morgan fingerprint density at radius 3 is 2.29 bits per heavy atom. The molecule has 1 atom stereocenters. The Labute approximate surface area is 128 Å². The third-order valence-corrected chi connectivity index (χ3v) is 4.54. The summed E-state index contributed by atoms with van der Waals surface area (Å²) in [5.74, 6) is 1.06. The van der Waals surface area contributed by atoms with Gasteiger partial charge in [-0.15, -0.1) is 0 Å². The van der Waals surface area contributed by atoms with Crippen LogP contribution in [0.3, 0.4) is 0 Å². The summed E-state index contributed by atoms with van der Waals surface area (Å²) in [4.78, 5) is 12.8. The lowest BCUT2D eigenvalue weighted by molar-refractivity contribution is 0.0127. The molecule has 0 bridgehead atoms. The molecule has 0 saturated heterocycles. The molecule has 1 aromatic rings. The first kappa shape index (κ1) is 16.2. The van der Waals surface area contributed by atoms with E-state index in [9.17, 15) is 4.79 Å². The minimum atomic E-state index is -0.250. The van der Waals surface area contributed by atoms with Gasteiger partial charge in [0.2, 0.25) is 0 Å². The second-order valence-electron chi connectivity index (χ2n) is 6.41. The van der Waals surface area contributed by atoms with E-state index in [1.807, 2.05) is 19.1 Å². The van der Waals surface area contributed by atoms with Crippen molar-refractivity contribution in [1.82, 2.24) is 0 Å². The Bertz CT molecular complexity index is 441. The molecule has 0 heterocycles. The van der Waals surface area contributed by atoms with Crippen molar-refractivity contribution in [3.8, 4) is 0 Å². The van der Waals surface area contributed by atoms with Gasteiger partial charge in [0.15, 0.2) is 5.78 Å². The van der Waals surface area contributed by atoms with Crippen LogP contribution in [0.2, 0.25) is 0 Å². The quantitative estimate of drug-likeness (QED) is 0.690. The summed E-state index contributed by atoms with van der Waals surface area (Å²) < 4.78 is 5.83. The van der Waals surface area contributed by atoms with E-state index in [0.29, 0.717) is 18.4 Å². The lowest BCUT2D eigenvalue weighted by atomic mass is 9.82. The lowest BCUT2D eigenvalue weighted by Gasteiger charge is -2.29. The van der Waals surface area contributed by atoms with Crippen molar-refractivity contribution < 1.29 is 9.53 Å². The third-order valence-electron chi connectivity index (χ3n) is 4.54. The molecule has 1 aromatic carbocycles. The first-order chi connectivity index (χ1) is 10.1. The zero-order chi connectivity index (χ0) is 15.2. The highest BCUT2D eigenvalue weighted by Gasteiger charge is 2.30. The van der Waals surface area contributed by atoms with Crippen molar-refractivity contribution in [3.05, 3.63) is 35.4 Å². The van der Waals surface area contributed by atoms with Crippen LogP contribution >= 0.6 is 0 Å². The van der Waals surface area contributed by atoms with Crippen LogP contribution in [0.15, 0.2) is 24.3 Å². The highest BCUT2D eigenvalue weighted by Crippen LogP contribution is 2.30. The number of hydrogen-bond acceptors (Lipinski definition) is 2. The Balaban J connectivity index is 2.13. The van der Waals surface area contributed by atoms with E-state index in [2.05, 4.69) is 26.0 Å². The van der Waals surface area contributed by atoms with Gasteiger partial charge in [-0.3, -0.25) is 4.79 Å². The molecule has 1 saturated carbocycles. The summed E-state index contributed by atoms with van der Waals surface area (Å²) in [6.07, 6.45) is 5.76. The second-order valence-corrected chi connectivity index (χ2v) is 6.41. The van der Waals surface area contributed by atoms with Crippen LogP contribution in [0.25, 0.3) is 0 Å². The Kier molecular flexibility index (Phi) is 5.98. The van der Waals surface area contributed by atoms with Crippen molar-refractivity contribution >= 4 is 5.78 Å². The maximum atomic E-state index is 12.8. The zero-order valence-electron chi connectivity index (χ0n) is 13.6. The molecule has 1 unspecified atom stereocenters. The number of carbonyl (C=O) groups is 1. The summed E-state index contributed by atoms with van der Waals surface area (Å²) in [6.45, 7) is 6.92. The number of carbonyl (C=O) groups excluding carboxylic acids is 1. The number of ether oxygens (including phenoxy) is 1. The molecule has 2 heteroatoms. The molecule has 0 amide bonds. The van der Waals surface area contributed by atoms with Crippen molar-refractivity contribution in [2.24, 2.45) is 5.92 Å². The molecular formula is C19H28O2. The average Bonchev–Trinajstić information content (AvgIpc) is 2.53. The van der Waals surface area contributed by atoms with Crippen molar-refractivity contribution in [1.29, 1.82) is 0 Å². The fourth-order valence-corrected chi connectivity index (χ4v) is 3.24. The molecule has 2 rings (SSSR count). The normalized spacial score (nSPS) is 17.9.